The van der Waals surface area contributed by atoms with Gasteiger partial charge in [0.15, 0.2) is 11.6 Å². The van der Waals surface area contributed by atoms with Gasteiger partial charge in [-0.05, 0) is 30.2 Å². The molecule has 3 N–H and O–H groups in total. The lowest BCUT2D eigenvalue weighted by molar-refractivity contribution is 0.0325. The first-order valence-corrected chi connectivity index (χ1v) is 9.18. The molecule has 6 heteroatoms. The number of aliphatic hydroxyl groups is 2. The predicted molar refractivity (Wildman–Crippen MR) is 96.4 cm³/mol. The Labute approximate surface area is 153 Å². The molecule has 1 aromatic heterocycles. The topological polar surface area (TPSA) is 89.7 Å². The Morgan fingerprint density at radius 3 is 2.31 bits per heavy atom. The molecular weight excluding hydrogens is 330 g/mol. The van der Waals surface area contributed by atoms with Crippen molar-refractivity contribution in [3.8, 4) is 5.75 Å². The van der Waals surface area contributed by atoms with Gasteiger partial charge in [0.1, 0.15) is 6.10 Å². The van der Waals surface area contributed by atoms with Crippen molar-refractivity contribution in [1.82, 2.24) is 14.9 Å². The van der Waals surface area contributed by atoms with E-state index in [1.165, 1.54) is 18.0 Å². The van der Waals surface area contributed by atoms with Crippen LogP contribution in [-0.2, 0) is 6.42 Å². The Morgan fingerprint density at radius 2 is 1.69 bits per heavy atom. The lowest BCUT2D eigenvalue weighted by Gasteiger charge is -2.26. The van der Waals surface area contributed by atoms with E-state index in [4.69, 9.17) is 0 Å². The van der Waals surface area contributed by atoms with E-state index in [1.54, 1.807) is 0 Å². The molecule has 1 aromatic carbocycles. The average molecular weight is 355 g/mol. The van der Waals surface area contributed by atoms with Crippen molar-refractivity contribution in [1.29, 1.82) is 0 Å². The van der Waals surface area contributed by atoms with Crippen molar-refractivity contribution >= 4 is 0 Å². The minimum absolute atomic E-state index is 0.00523. The molecule has 1 aliphatic carbocycles. The van der Waals surface area contributed by atoms with Crippen molar-refractivity contribution in [2.45, 2.75) is 31.0 Å². The Bertz CT molecular complexity index is 724. The zero-order chi connectivity index (χ0) is 18.1. The molecule has 3 atom stereocenters. The third kappa shape index (κ3) is 3.72. The number of likely N-dealkylation sites (tertiary alicyclic amines) is 1. The molecule has 0 amide bonds. The van der Waals surface area contributed by atoms with E-state index in [2.05, 4.69) is 27.0 Å². The first-order valence-electron chi connectivity index (χ1n) is 9.18. The largest absolute Gasteiger partial charge is 0.505 e. The van der Waals surface area contributed by atoms with Gasteiger partial charge in [-0.25, -0.2) is 9.97 Å². The number of aromatic nitrogens is 2. The van der Waals surface area contributed by atoms with Crippen LogP contribution in [0.25, 0.3) is 0 Å². The number of hydrogen-bond acceptors (Lipinski definition) is 6. The van der Waals surface area contributed by atoms with E-state index in [-0.39, 0.29) is 5.75 Å². The summed E-state index contributed by atoms with van der Waals surface area (Å²) in [6.45, 7) is 2.25. The highest BCUT2D eigenvalue weighted by molar-refractivity contribution is 5.18. The van der Waals surface area contributed by atoms with Gasteiger partial charge in [0.2, 0.25) is 0 Å². The van der Waals surface area contributed by atoms with Crippen molar-refractivity contribution in [2.75, 3.05) is 19.6 Å². The molecule has 0 radical (unpaired) electrons. The van der Waals surface area contributed by atoms with E-state index < -0.39 is 11.7 Å². The van der Waals surface area contributed by atoms with Gasteiger partial charge in [-0.2, -0.15) is 0 Å². The van der Waals surface area contributed by atoms with Crippen molar-refractivity contribution in [3.63, 3.8) is 0 Å². The molecule has 0 bridgehead atoms. The SMILES string of the molecule is Oc1cnc(C(O)CN2C[C@@H]3CC(O)(Cc4ccccc4)C[C@H]3C2)nc1. The van der Waals surface area contributed by atoms with E-state index in [9.17, 15) is 15.3 Å². The summed E-state index contributed by atoms with van der Waals surface area (Å²) in [6.07, 6.45) is 4.17. The maximum Gasteiger partial charge on any atom is 0.158 e. The highest BCUT2D eigenvalue weighted by atomic mass is 16.3. The molecule has 2 fully saturated rings. The van der Waals surface area contributed by atoms with Crippen molar-refractivity contribution in [3.05, 3.63) is 54.1 Å². The Morgan fingerprint density at radius 1 is 1.08 bits per heavy atom. The van der Waals surface area contributed by atoms with Crippen LogP contribution in [-0.4, -0.2) is 55.4 Å². The standard InChI is InChI=1S/C20H25N3O3/c24-17-9-21-19(22-10-17)18(25)13-23-11-15-7-20(26,8-16(15)12-23)6-14-4-2-1-3-5-14/h1-5,9-10,15-16,18,24-26H,6-8,11-13H2/t15-,16-,18?/m0/s1. The Kier molecular flexibility index (Phi) is 4.65. The number of fused-ring (bicyclic) bond motifs is 1. The second-order valence-corrected chi connectivity index (χ2v) is 7.85. The molecule has 2 aromatic rings. The lowest BCUT2D eigenvalue weighted by Crippen LogP contribution is -2.33. The zero-order valence-corrected chi connectivity index (χ0v) is 14.7. The quantitative estimate of drug-likeness (QED) is 0.754. The van der Waals surface area contributed by atoms with Crippen molar-refractivity contribution < 1.29 is 15.3 Å². The lowest BCUT2D eigenvalue weighted by atomic mass is 9.91. The second-order valence-electron chi connectivity index (χ2n) is 7.85. The van der Waals surface area contributed by atoms with E-state index >= 15 is 0 Å². The highest BCUT2D eigenvalue weighted by Gasteiger charge is 2.48. The summed E-state index contributed by atoms with van der Waals surface area (Å²) in [5.74, 6) is 1.27. The van der Waals surface area contributed by atoms with Crippen LogP contribution in [0.4, 0.5) is 0 Å². The predicted octanol–water partition coefficient (Wildman–Crippen LogP) is 1.53. The zero-order valence-electron chi connectivity index (χ0n) is 14.7. The summed E-state index contributed by atoms with van der Waals surface area (Å²) < 4.78 is 0. The molecule has 138 valence electrons. The highest BCUT2D eigenvalue weighted by Crippen LogP contribution is 2.45. The molecule has 1 unspecified atom stereocenters. The summed E-state index contributed by atoms with van der Waals surface area (Å²) in [5.41, 5.74) is 0.577. The number of nitrogens with zero attached hydrogens (tertiary/aromatic N) is 3. The van der Waals surface area contributed by atoms with Crippen LogP contribution in [0.2, 0.25) is 0 Å². The molecule has 1 aliphatic heterocycles. The molecule has 2 heterocycles. The van der Waals surface area contributed by atoms with Gasteiger partial charge >= 0.3 is 0 Å². The van der Waals surface area contributed by atoms with Gasteiger partial charge in [-0.3, -0.25) is 4.90 Å². The van der Waals surface area contributed by atoms with Gasteiger partial charge in [0.05, 0.1) is 18.0 Å². The van der Waals surface area contributed by atoms with Crippen LogP contribution in [0.1, 0.15) is 30.3 Å². The van der Waals surface area contributed by atoms with Gasteiger partial charge in [-0.15, -0.1) is 0 Å². The molecule has 4 rings (SSSR count). The Balaban J connectivity index is 1.32. The summed E-state index contributed by atoms with van der Waals surface area (Å²) in [5, 5.41) is 30.6. The summed E-state index contributed by atoms with van der Waals surface area (Å²) >= 11 is 0. The summed E-state index contributed by atoms with van der Waals surface area (Å²) in [6, 6.07) is 10.2. The summed E-state index contributed by atoms with van der Waals surface area (Å²) in [4.78, 5) is 10.2. The molecule has 0 spiro atoms. The van der Waals surface area contributed by atoms with Crippen LogP contribution in [0, 0.1) is 11.8 Å². The first-order chi connectivity index (χ1) is 12.5. The normalized spacial score (nSPS) is 25.9. The van der Waals surface area contributed by atoms with Crippen LogP contribution < -0.4 is 0 Å². The third-order valence-corrected chi connectivity index (χ3v) is 5.70. The molecule has 6 nitrogen and oxygen atoms in total. The number of benzene rings is 1. The number of aliphatic hydroxyl groups excluding tert-OH is 1. The average Bonchev–Trinajstić information content (AvgIpc) is 3.10. The molecule has 2 aliphatic rings. The van der Waals surface area contributed by atoms with Gasteiger partial charge < -0.3 is 15.3 Å². The molecule has 26 heavy (non-hydrogen) atoms. The monoisotopic (exact) mass is 355 g/mol. The van der Waals surface area contributed by atoms with Crippen LogP contribution in [0.3, 0.4) is 0 Å². The molecular formula is C20H25N3O3. The van der Waals surface area contributed by atoms with Crippen LogP contribution >= 0.6 is 0 Å². The summed E-state index contributed by atoms with van der Waals surface area (Å²) in [7, 11) is 0. The van der Waals surface area contributed by atoms with E-state index in [0.717, 1.165) is 25.9 Å². The smallest absolute Gasteiger partial charge is 0.158 e. The minimum Gasteiger partial charge on any atom is -0.505 e. The van der Waals surface area contributed by atoms with Crippen LogP contribution in [0.15, 0.2) is 42.7 Å². The molecule has 1 saturated carbocycles. The maximum absolute atomic E-state index is 11.0. The minimum atomic E-state index is -0.766. The maximum atomic E-state index is 11.0. The van der Waals surface area contributed by atoms with Crippen molar-refractivity contribution in [2.24, 2.45) is 11.8 Å². The van der Waals surface area contributed by atoms with E-state index in [0.29, 0.717) is 30.6 Å². The fourth-order valence-electron chi connectivity index (χ4n) is 4.66. The third-order valence-electron chi connectivity index (χ3n) is 5.70. The fraction of sp³-hybridized carbons (Fsp3) is 0.500. The Hall–Kier alpha value is -2.02. The number of hydrogen-bond donors (Lipinski definition) is 3. The van der Waals surface area contributed by atoms with Gasteiger partial charge in [-0.1, -0.05) is 30.3 Å². The van der Waals surface area contributed by atoms with E-state index in [1.807, 2.05) is 18.2 Å². The first kappa shape index (κ1) is 17.4. The number of β-amino-alcohol motifs (C(OH)–C–C–N with tert-alkyl or cyclic N) is 1. The van der Waals surface area contributed by atoms with Gasteiger partial charge in [0.25, 0.3) is 0 Å². The molecule has 1 saturated heterocycles. The van der Waals surface area contributed by atoms with Crippen LogP contribution in [0.5, 0.6) is 5.75 Å². The number of aromatic hydroxyl groups is 1. The fourth-order valence-corrected chi connectivity index (χ4v) is 4.66. The van der Waals surface area contributed by atoms with Gasteiger partial charge in [0, 0.05) is 26.1 Å². The number of rotatable bonds is 5. The second kappa shape index (κ2) is 6.95.